The molecule has 0 bridgehead atoms. The zero-order valence-electron chi connectivity index (χ0n) is 14.8. The van der Waals surface area contributed by atoms with Crippen LogP contribution in [0.4, 0.5) is 0 Å². The van der Waals surface area contributed by atoms with E-state index in [9.17, 15) is 19.8 Å². The number of carboxylic acid groups (broad SMARTS) is 2. The van der Waals surface area contributed by atoms with Gasteiger partial charge in [-0.2, -0.15) is 0 Å². The molecule has 0 saturated heterocycles. The van der Waals surface area contributed by atoms with Gasteiger partial charge in [-0.05, 0) is 44.9 Å². The lowest BCUT2D eigenvalue weighted by molar-refractivity contribution is -0.134. The normalized spacial score (nSPS) is 17.1. The summed E-state index contributed by atoms with van der Waals surface area (Å²) in [5.74, 6) is -2.24. The number of benzene rings is 1. The highest BCUT2D eigenvalue weighted by atomic mass is 35.5. The maximum atomic E-state index is 12.2. The molecule has 0 radical (unpaired) electrons. The molecular formula is C19H22ClNO4. The van der Waals surface area contributed by atoms with Crippen molar-refractivity contribution in [3.63, 3.8) is 0 Å². The van der Waals surface area contributed by atoms with E-state index in [-0.39, 0.29) is 11.1 Å². The van der Waals surface area contributed by atoms with Crippen LogP contribution in [0.2, 0.25) is 5.02 Å². The fourth-order valence-corrected chi connectivity index (χ4v) is 4.20. The van der Waals surface area contributed by atoms with Crippen LogP contribution < -0.4 is 0 Å². The van der Waals surface area contributed by atoms with Crippen LogP contribution in [0.5, 0.6) is 0 Å². The maximum Gasteiger partial charge on any atom is 0.334 e. The highest BCUT2D eigenvalue weighted by Gasteiger charge is 2.50. The number of halogens is 1. The Bertz CT molecular complexity index is 756. The molecule has 2 rings (SSSR count). The van der Waals surface area contributed by atoms with E-state index >= 15 is 0 Å². The summed E-state index contributed by atoms with van der Waals surface area (Å²) in [7, 11) is 0. The van der Waals surface area contributed by atoms with Crippen molar-refractivity contribution in [2.45, 2.75) is 39.5 Å². The van der Waals surface area contributed by atoms with Crippen molar-refractivity contribution in [2.75, 3.05) is 6.54 Å². The Hall–Kier alpha value is -2.27. The highest BCUT2D eigenvalue weighted by molar-refractivity contribution is 6.30. The fraction of sp³-hybridized carbons (Fsp3) is 0.368. The van der Waals surface area contributed by atoms with Crippen LogP contribution in [-0.2, 0) is 15.0 Å². The second-order valence-electron chi connectivity index (χ2n) is 6.04. The van der Waals surface area contributed by atoms with E-state index in [1.165, 1.54) is 0 Å². The first-order valence-electron chi connectivity index (χ1n) is 8.15. The zero-order valence-corrected chi connectivity index (χ0v) is 15.5. The third-order valence-corrected chi connectivity index (χ3v) is 5.21. The van der Waals surface area contributed by atoms with Crippen molar-refractivity contribution < 1.29 is 19.8 Å². The van der Waals surface area contributed by atoms with Gasteiger partial charge in [-0.3, -0.25) is 0 Å². The van der Waals surface area contributed by atoms with Crippen LogP contribution in [0.25, 0.3) is 0 Å². The van der Waals surface area contributed by atoms with Gasteiger partial charge < -0.3 is 15.1 Å². The molecule has 1 aromatic carbocycles. The Balaban J connectivity index is 2.99. The molecule has 25 heavy (non-hydrogen) atoms. The average molecular weight is 364 g/mol. The largest absolute Gasteiger partial charge is 0.478 e. The average Bonchev–Trinajstić information content (AvgIpc) is 2.53. The van der Waals surface area contributed by atoms with Crippen molar-refractivity contribution in [2.24, 2.45) is 0 Å². The highest BCUT2D eigenvalue weighted by Crippen LogP contribution is 2.49. The first kappa shape index (κ1) is 19.1. The van der Waals surface area contributed by atoms with Crippen LogP contribution >= 0.6 is 11.6 Å². The second-order valence-corrected chi connectivity index (χ2v) is 6.48. The quantitative estimate of drug-likeness (QED) is 0.825. The molecule has 0 atom stereocenters. The molecular weight excluding hydrogens is 342 g/mol. The molecule has 5 nitrogen and oxygen atoms in total. The van der Waals surface area contributed by atoms with E-state index in [1.807, 2.05) is 6.92 Å². The number of rotatable bonds is 5. The minimum atomic E-state index is -1.26. The van der Waals surface area contributed by atoms with Crippen molar-refractivity contribution >= 4 is 23.5 Å². The Labute approximate surface area is 152 Å². The van der Waals surface area contributed by atoms with Gasteiger partial charge in [-0.25, -0.2) is 9.59 Å². The molecule has 1 aliphatic heterocycles. The first-order chi connectivity index (χ1) is 11.7. The Kier molecular flexibility index (Phi) is 5.28. The predicted octanol–water partition coefficient (Wildman–Crippen LogP) is 4.04. The number of hydrogen-bond acceptors (Lipinski definition) is 3. The second kappa shape index (κ2) is 6.92. The van der Waals surface area contributed by atoms with Gasteiger partial charge in [0.25, 0.3) is 0 Å². The Morgan fingerprint density at radius 2 is 1.60 bits per heavy atom. The van der Waals surface area contributed by atoms with Gasteiger partial charge in [0.1, 0.15) is 0 Å². The maximum absolute atomic E-state index is 12.2. The summed E-state index contributed by atoms with van der Waals surface area (Å²) < 4.78 is 0. The molecule has 1 aliphatic rings. The summed E-state index contributed by atoms with van der Waals surface area (Å²) in [6, 6.07) is 6.79. The van der Waals surface area contributed by atoms with E-state index in [2.05, 4.69) is 0 Å². The predicted molar refractivity (Wildman–Crippen MR) is 96.5 cm³/mol. The van der Waals surface area contributed by atoms with Crippen molar-refractivity contribution in [1.29, 1.82) is 0 Å². The van der Waals surface area contributed by atoms with E-state index in [1.54, 1.807) is 49.9 Å². The van der Waals surface area contributed by atoms with Crippen LogP contribution in [0.15, 0.2) is 46.8 Å². The summed E-state index contributed by atoms with van der Waals surface area (Å²) in [4.78, 5) is 26.1. The third-order valence-electron chi connectivity index (χ3n) is 4.98. The van der Waals surface area contributed by atoms with Crippen molar-refractivity contribution in [3.05, 3.63) is 57.4 Å². The minimum absolute atomic E-state index is 0.0853. The molecule has 0 unspecified atom stereocenters. The molecule has 2 N–H and O–H groups in total. The summed E-state index contributed by atoms with van der Waals surface area (Å²) in [6.45, 7) is 7.61. The zero-order chi connectivity index (χ0) is 18.9. The molecule has 1 aromatic rings. The lowest BCUT2D eigenvalue weighted by Crippen LogP contribution is -2.45. The number of carboxylic acids is 2. The van der Waals surface area contributed by atoms with Crippen LogP contribution in [0.3, 0.4) is 0 Å². The number of hydrogen-bond donors (Lipinski definition) is 2. The number of nitrogens with zero attached hydrogens (tertiary/aromatic N) is 1. The monoisotopic (exact) mass is 363 g/mol. The standard InChI is InChI=1S/C19H22ClNO4/c1-5-19(13-8-7-9-14(20)10-13)15(17(22)23)11(3)21(6-2)12(4)16(19)18(24)25/h7-10H,5-6H2,1-4H3,(H,22,23)(H,24,25). The summed E-state index contributed by atoms with van der Waals surface area (Å²) >= 11 is 6.13. The summed E-state index contributed by atoms with van der Waals surface area (Å²) in [5.41, 5.74) is 0.595. The molecule has 0 aliphatic carbocycles. The van der Waals surface area contributed by atoms with Gasteiger partial charge in [0, 0.05) is 23.0 Å². The van der Waals surface area contributed by atoms with E-state index in [0.29, 0.717) is 34.9 Å². The van der Waals surface area contributed by atoms with Crippen LogP contribution in [0.1, 0.15) is 39.7 Å². The van der Waals surface area contributed by atoms with Gasteiger partial charge >= 0.3 is 11.9 Å². The first-order valence-corrected chi connectivity index (χ1v) is 8.52. The van der Waals surface area contributed by atoms with Gasteiger partial charge in [0.15, 0.2) is 0 Å². The third kappa shape index (κ3) is 2.82. The number of carbonyl (C=O) groups is 2. The molecule has 0 fully saturated rings. The number of allylic oxidation sites excluding steroid dienone is 2. The van der Waals surface area contributed by atoms with Gasteiger partial charge in [-0.15, -0.1) is 0 Å². The number of aliphatic carboxylic acids is 2. The van der Waals surface area contributed by atoms with E-state index in [0.717, 1.165) is 0 Å². The van der Waals surface area contributed by atoms with Gasteiger partial charge in [-0.1, -0.05) is 30.7 Å². The lowest BCUT2D eigenvalue weighted by atomic mass is 9.64. The van der Waals surface area contributed by atoms with Crippen molar-refractivity contribution in [3.8, 4) is 0 Å². The molecule has 1 heterocycles. The molecule has 6 heteroatoms. The molecule has 0 amide bonds. The lowest BCUT2D eigenvalue weighted by Gasteiger charge is -2.44. The molecule has 134 valence electrons. The van der Waals surface area contributed by atoms with Gasteiger partial charge in [0.05, 0.1) is 16.6 Å². The summed E-state index contributed by atoms with van der Waals surface area (Å²) in [5, 5.41) is 20.4. The summed E-state index contributed by atoms with van der Waals surface area (Å²) in [6.07, 6.45) is 0.294. The Morgan fingerprint density at radius 3 is 1.96 bits per heavy atom. The molecule has 0 spiro atoms. The van der Waals surface area contributed by atoms with Crippen LogP contribution in [0, 0.1) is 0 Å². The van der Waals surface area contributed by atoms with E-state index in [4.69, 9.17) is 11.6 Å². The van der Waals surface area contributed by atoms with Gasteiger partial charge in [0.2, 0.25) is 0 Å². The topological polar surface area (TPSA) is 77.8 Å². The minimum Gasteiger partial charge on any atom is -0.478 e. The molecule has 0 saturated carbocycles. The van der Waals surface area contributed by atoms with Crippen molar-refractivity contribution in [1.82, 2.24) is 4.90 Å². The molecule has 0 aromatic heterocycles. The fourth-order valence-electron chi connectivity index (χ4n) is 4.01. The SMILES string of the molecule is CCN1C(C)=C(C(=O)O)C(CC)(c2cccc(Cl)c2)C(C(=O)O)=C1C. The van der Waals surface area contributed by atoms with Crippen LogP contribution in [-0.4, -0.2) is 33.6 Å². The van der Waals surface area contributed by atoms with E-state index < -0.39 is 17.4 Å². The smallest absolute Gasteiger partial charge is 0.334 e. The Morgan fingerprint density at radius 1 is 1.08 bits per heavy atom.